The lowest BCUT2D eigenvalue weighted by molar-refractivity contribution is -0.135. The summed E-state index contributed by atoms with van der Waals surface area (Å²) in [7, 11) is 0. The Balaban J connectivity index is 1.28. The van der Waals surface area contributed by atoms with Crippen LogP contribution in [0.4, 0.5) is 0 Å². The molecule has 4 aliphatic rings. The molecule has 0 aromatic carbocycles. The van der Waals surface area contributed by atoms with E-state index in [9.17, 15) is 9.59 Å². The zero-order chi connectivity index (χ0) is 17.9. The maximum absolute atomic E-state index is 12.7. The minimum Gasteiger partial charge on any atom is -0.353 e. The monoisotopic (exact) mass is 361 g/mol. The molecule has 4 rings (SSSR count). The number of fused-ring (bicyclic) bond motifs is 2. The summed E-state index contributed by atoms with van der Waals surface area (Å²) < 4.78 is 0. The van der Waals surface area contributed by atoms with Gasteiger partial charge in [0.25, 0.3) is 0 Å². The lowest BCUT2D eigenvalue weighted by atomic mass is 9.88. The van der Waals surface area contributed by atoms with E-state index in [-0.39, 0.29) is 5.92 Å². The van der Waals surface area contributed by atoms with Crippen LogP contribution < -0.4 is 5.32 Å². The number of amides is 2. The first-order chi connectivity index (χ1) is 12.7. The first-order valence-electron chi connectivity index (χ1n) is 11.0. The van der Waals surface area contributed by atoms with E-state index in [1.165, 1.54) is 38.5 Å². The Morgan fingerprint density at radius 3 is 2.08 bits per heavy atom. The van der Waals surface area contributed by atoms with Crippen LogP contribution in [-0.4, -0.2) is 59.4 Å². The van der Waals surface area contributed by atoms with Crippen LogP contribution in [0.1, 0.15) is 77.0 Å². The molecule has 3 heterocycles. The van der Waals surface area contributed by atoms with E-state index in [1.54, 1.807) is 0 Å². The number of piperidine rings is 2. The fourth-order valence-corrected chi connectivity index (χ4v) is 5.73. The smallest absolute Gasteiger partial charge is 0.236 e. The third-order valence-corrected chi connectivity index (χ3v) is 7.23. The van der Waals surface area contributed by atoms with Crippen molar-refractivity contribution < 1.29 is 9.59 Å². The van der Waals surface area contributed by atoms with Gasteiger partial charge in [-0.25, -0.2) is 0 Å². The number of likely N-dealkylation sites (tertiary alicyclic amines) is 1. The largest absolute Gasteiger partial charge is 0.353 e. The summed E-state index contributed by atoms with van der Waals surface area (Å²) in [5.74, 6) is 0.873. The highest BCUT2D eigenvalue weighted by Crippen LogP contribution is 2.36. The predicted molar refractivity (Wildman–Crippen MR) is 102 cm³/mol. The van der Waals surface area contributed by atoms with E-state index in [2.05, 4.69) is 15.1 Å². The maximum atomic E-state index is 12.7. The number of carbonyl (C=O) groups excluding carboxylic acids is 2. The molecule has 1 aliphatic carbocycles. The summed E-state index contributed by atoms with van der Waals surface area (Å²) in [5, 5.41) is 3.37. The minimum absolute atomic E-state index is 0.250. The Labute approximate surface area is 157 Å². The van der Waals surface area contributed by atoms with Crippen molar-refractivity contribution in [2.24, 2.45) is 5.92 Å². The molecule has 2 atom stereocenters. The number of rotatable bonds is 4. The van der Waals surface area contributed by atoms with Crippen LogP contribution in [0.5, 0.6) is 0 Å². The highest BCUT2D eigenvalue weighted by Gasteiger charge is 2.42. The second-order valence-electron chi connectivity index (χ2n) is 9.01. The first kappa shape index (κ1) is 18.3. The molecule has 2 bridgehead atoms. The van der Waals surface area contributed by atoms with E-state index in [4.69, 9.17) is 0 Å². The second-order valence-corrected chi connectivity index (χ2v) is 9.01. The summed E-state index contributed by atoms with van der Waals surface area (Å²) in [6.07, 6.45) is 13.9. The van der Waals surface area contributed by atoms with Crippen LogP contribution >= 0.6 is 0 Å². The fourth-order valence-electron chi connectivity index (χ4n) is 5.73. The molecule has 0 radical (unpaired) electrons. The Hall–Kier alpha value is -1.10. The molecular weight excluding hydrogens is 326 g/mol. The number of nitrogens with one attached hydrogen (secondary N) is 1. The van der Waals surface area contributed by atoms with E-state index < -0.39 is 0 Å². The number of hydrogen-bond donors (Lipinski definition) is 1. The number of hydrogen-bond acceptors (Lipinski definition) is 3. The molecule has 26 heavy (non-hydrogen) atoms. The summed E-state index contributed by atoms with van der Waals surface area (Å²) in [6.45, 7) is 2.49. The standard InChI is InChI=1S/C21H35N3O2/c25-20(23-11-5-2-6-12-23)15-24-18-9-10-19(24)14-17(13-18)22-21(26)16-7-3-1-4-8-16/h16-19H,1-15H2,(H,22,26)/t18-,19-/m0/s1. The Bertz CT molecular complexity index is 497. The highest BCUT2D eigenvalue weighted by molar-refractivity contribution is 5.79. The number of nitrogens with zero attached hydrogens (tertiary/aromatic N) is 2. The quantitative estimate of drug-likeness (QED) is 0.838. The van der Waals surface area contributed by atoms with Gasteiger partial charge in [-0.3, -0.25) is 14.5 Å². The number of carbonyl (C=O) groups is 2. The molecule has 1 saturated carbocycles. The van der Waals surface area contributed by atoms with Crippen LogP contribution in [0, 0.1) is 5.92 Å². The van der Waals surface area contributed by atoms with Gasteiger partial charge in [-0.1, -0.05) is 19.3 Å². The van der Waals surface area contributed by atoms with Crippen LogP contribution in [0.3, 0.4) is 0 Å². The lowest BCUT2D eigenvalue weighted by Gasteiger charge is -2.40. The van der Waals surface area contributed by atoms with Crippen molar-refractivity contribution in [3.63, 3.8) is 0 Å². The summed E-state index contributed by atoms with van der Waals surface area (Å²) in [4.78, 5) is 29.8. The maximum Gasteiger partial charge on any atom is 0.236 e. The van der Waals surface area contributed by atoms with Crippen LogP contribution in [0.15, 0.2) is 0 Å². The van der Waals surface area contributed by atoms with Crippen molar-refractivity contribution in [2.75, 3.05) is 19.6 Å². The van der Waals surface area contributed by atoms with Gasteiger partial charge in [0, 0.05) is 37.1 Å². The van der Waals surface area contributed by atoms with Crippen molar-refractivity contribution in [3.05, 3.63) is 0 Å². The second kappa shape index (κ2) is 8.28. The molecule has 1 N–H and O–H groups in total. The van der Waals surface area contributed by atoms with E-state index >= 15 is 0 Å². The Morgan fingerprint density at radius 2 is 1.42 bits per heavy atom. The van der Waals surface area contributed by atoms with Crippen LogP contribution in [-0.2, 0) is 9.59 Å². The van der Waals surface area contributed by atoms with Gasteiger partial charge in [0.05, 0.1) is 6.54 Å². The van der Waals surface area contributed by atoms with Crippen molar-refractivity contribution in [1.29, 1.82) is 0 Å². The van der Waals surface area contributed by atoms with Gasteiger partial charge < -0.3 is 10.2 Å². The Morgan fingerprint density at radius 1 is 0.808 bits per heavy atom. The normalized spacial score (nSPS) is 33.2. The molecule has 3 aliphatic heterocycles. The van der Waals surface area contributed by atoms with Crippen LogP contribution in [0.25, 0.3) is 0 Å². The predicted octanol–water partition coefficient (Wildman–Crippen LogP) is 2.69. The summed E-state index contributed by atoms with van der Waals surface area (Å²) >= 11 is 0. The molecule has 5 heteroatoms. The lowest BCUT2D eigenvalue weighted by Crippen LogP contribution is -2.54. The topological polar surface area (TPSA) is 52.7 Å². The van der Waals surface area contributed by atoms with Gasteiger partial charge in [0.1, 0.15) is 0 Å². The molecule has 5 nitrogen and oxygen atoms in total. The molecule has 3 saturated heterocycles. The SMILES string of the molecule is O=C(NC1C[C@@H]2CC[C@@H](C1)N2CC(=O)N1CCCCC1)C1CCCCC1. The van der Waals surface area contributed by atoms with Crippen molar-refractivity contribution in [3.8, 4) is 0 Å². The minimum atomic E-state index is 0.250. The molecule has 0 unspecified atom stereocenters. The van der Waals surface area contributed by atoms with E-state index in [1.807, 2.05) is 0 Å². The van der Waals surface area contributed by atoms with Gasteiger partial charge >= 0.3 is 0 Å². The summed E-state index contributed by atoms with van der Waals surface area (Å²) in [5.41, 5.74) is 0. The average molecular weight is 362 g/mol. The van der Waals surface area contributed by atoms with Gasteiger partial charge in [-0.15, -0.1) is 0 Å². The van der Waals surface area contributed by atoms with Gasteiger partial charge in [-0.2, -0.15) is 0 Å². The van der Waals surface area contributed by atoms with E-state index in [0.717, 1.165) is 51.6 Å². The van der Waals surface area contributed by atoms with Crippen molar-refractivity contribution in [2.45, 2.75) is 95.2 Å². The molecule has 0 spiro atoms. The van der Waals surface area contributed by atoms with Gasteiger partial charge in [0.2, 0.25) is 11.8 Å². The fraction of sp³-hybridized carbons (Fsp3) is 0.905. The van der Waals surface area contributed by atoms with E-state index in [0.29, 0.717) is 36.5 Å². The molecule has 0 aromatic heterocycles. The van der Waals surface area contributed by atoms with Gasteiger partial charge in [0.15, 0.2) is 0 Å². The molecule has 4 fully saturated rings. The third kappa shape index (κ3) is 4.08. The Kier molecular flexibility index (Phi) is 5.82. The first-order valence-corrected chi connectivity index (χ1v) is 11.0. The summed E-state index contributed by atoms with van der Waals surface area (Å²) in [6, 6.07) is 1.29. The molecule has 146 valence electrons. The molecular formula is C21H35N3O2. The highest BCUT2D eigenvalue weighted by atomic mass is 16.2. The average Bonchev–Trinajstić information content (AvgIpc) is 2.91. The third-order valence-electron chi connectivity index (χ3n) is 7.23. The van der Waals surface area contributed by atoms with Crippen LogP contribution in [0.2, 0.25) is 0 Å². The van der Waals surface area contributed by atoms with Crippen molar-refractivity contribution >= 4 is 11.8 Å². The van der Waals surface area contributed by atoms with Gasteiger partial charge in [-0.05, 0) is 57.8 Å². The molecule has 0 aromatic rings. The van der Waals surface area contributed by atoms with Crippen molar-refractivity contribution in [1.82, 2.24) is 15.1 Å². The zero-order valence-corrected chi connectivity index (χ0v) is 16.1. The zero-order valence-electron chi connectivity index (χ0n) is 16.1. The molecule has 2 amide bonds.